The summed E-state index contributed by atoms with van der Waals surface area (Å²) in [5.74, 6) is -0.0419. The maximum absolute atomic E-state index is 13.0. The van der Waals surface area contributed by atoms with Crippen LogP contribution in [0.25, 0.3) is 21.0 Å². The Morgan fingerprint density at radius 1 is 1.18 bits per heavy atom. The van der Waals surface area contributed by atoms with Crippen LogP contribution in [-0.4, -0.2) is 10.9 Å². The number of hydrogen-bond donors (Lipinski definition) is 1. The standard InChI is InChI=1S/C23H19ClN2OS/c1-13-9-10-19-16(11-13)21-17(22(24)25-19)12-20(28-21)23(27)26-18-8-4-6-14-5-2-3-7-15(14)18/h2-3,5,7,9-12,18H,4,6,8H2,1H3,(H,26,27)/t18-/m1/s1. The molecule has 0 spiro atoms. The Morgan fingerprint density at radius 3 is 2.93 bits per heavy atom. The first-order valence-electron chi connectivity index (χ1n) is 9.48. The molecule has 2 aromatic heterocycles. The van der Waals surface area contributed by atoms with E-state index in [1.165, 1.54) is 22.5 Å². The van der Waals surface area contributed by atoms with E-state index < -0.39 is 0 Å². The molecule has 1 amide bonds. The van der Waals surface area contributed by atoms with Crippen molar-refractivity contribution in [2.75, 3.05) is 0 Å². The van der Waals surface area contributed by atoms with E-state index >= 15 is 0 Å². The molecule has 140 valence electrons. The SMILES string of the molecule is Cc1ccc2nc(Cl)c3cc(C(=O)N[C@@H]4CCCc5ccccc54)sc3c2c1. The van der Waals surface area contributed by atoms with Crippen molar-refractivity contribution >= 4 is 49.8 Å². The summed E-state index contributed by atoms with van der Waals surface area (Å²) in [5, 5.41) is 5.58. The molecule has 0 fully saturated rings. The number of aryl methyl sites for hydroxylation is 2. The van der Waals surface area contributed by atoms with Crippen LogP contribution in [-0.2, 0) is 6.42 Å². The van der Waals surface area contributed by atoms with Crippen LogP contribution in [0.4, 0.5) is 0 Å². The molecule has 5 rings (SSSR count). The molecule has 1 N–H and O–H groups in total. The lowest BCUT2D eigenvalue weighted by molar-refractivity contribution is 0.0937. The average Bonchev–Trinajstić information content (AvgIpc) is 3.16. The molecule has 5 heteroatoms. The van der Waals surface area contributed by atoms with Gasteiger partial charge in [0.15, 0.2) is 0 Å². The number of amides is 1. The summed E-state index contributed by atoms with van der Waals surface area (Å²) >= 11 is 7.91. The topological polar surface area (TPSA) is 42.0 Å². The number of carbonyl (C=O) groups excluding carboxylic acids is 1. The lowest BCUT2D eigenvalue weighted by atomic mass is 9.88. The van der Waals surface area contributed by atoms with Crippen molar-refractivity contribution in [1.82, 2.24) is 10.3 Å². The number of thiophene rings is 1. The summed E-state index contributed by atoms with van der Waals surface area (Å²) in [6, 6.07) is 16.5. The van der Waals surface area contributed by atoms with Gasteiger partial charge in [-0.15, -0.1) is 11.3 Å². The van der Waals surface area contributed by atoms with Gasteiger partial charge in [-0.1, -0.05) is 47.5 Å². The Labute approximate surface area is 172 Å². The zero-order chi connectivity index (χ0) is 19.3. The summed E-state index contributed by atoms with van der Waals surface area (Å²) in [7, 11) is 0. The van der Waals surface area contributed by atoms with Gasteiger partial charge in [-0.05, 0) is 55.5 Å². The number of benzene rings is 2. The van der Waals surface area contributed by atoms with Crippen molar-refractivity contribution in [2.24, 2.45) is 0 Å². The van der Waals surface area contributed by atoms with Gasteiger partial charge in [0.05, 0.1) is 16.4 Å². The average molecular weight is 407 g/mol. The number of hydrogen-bond acceptors (Lipinski definition) is 3. The van der Waals surface area contributed by atoms with E-state index in [1.54, 1.807) is 0 Å². The van der Waals surface area contributed by atoms with Gasteiger partial charge in [0.25, 0.3) is 5.91 Å². The molecule has 4 aromatic rings. The van der Waals surface area contributed by atoms with Crippen molar-refractivity contribution in [3.63, 3.8) is 0 Å². The quantitative estimate of drug-likeness (QED) is 0.401. The molecule has 1 aliphatic rings. The number of halogens is 1. The summed E-state index contributed by atoms with van der Waals surface area (Å²) in [5.41, 5.74) is 4.60. The number of carbonyl (C=O) groups is 1. The van der Waals surface area contributed by atoms with Crippen LogP contribution < -0.4 is 5.32 Å². The van der Waals surface area contributed by atoms with Crippen molar-refractivity contribution < 1.29 is 4.79 Å². The molecule has 0 unspecified atom stereocenters. The smallest absolute Gasteiger partial charge is 0.261 e. The van der Waals surface area contributed by atoms with Gasteiger partial charge < -0.3 is 5.32 Å². The predicted molar refractivity (Wildman–Crippen MR) is 116 cm³/mol. The molecule has 0 saturated carbocycles. The van der Waals surface area contributed by atoms with Gasteiger partial charge in [-0.3, -0.25) is 4.79 Å². The van der Waals surface area contributed by atoms with Gasteiger partial charge in [-0.25, -0.2) is 4.98 Å². The molecule has 2 heterocycles. The molecular formula is C23H19ClN2OS. The predicted octanol–water partition coefficient (Wildman–Crippen LogP) is 6.22. The van der Waals surface area contributed by atoms with E-state index in [1.807, 2.05) is 24.3 Å². The van der Waals surface area contributed by atoms with E-state index in [9.17, 15) is 4.79 Å². The number of nitrogens with zero attached hydrogens (tertiary/aromatic N) is 1. The fraction of sp³-hybridized carbons (Fsp3) is 0.217. The van der Waals surface area contributed by atoms with Crippen LogP contribution in [0.3, 0.4) is 0 Å². The van der Waals surface area contributed by atoms with Crippen LogP contribution in [0.5, 0.6) is 0 Å². The molecule has 1 atom stereocenters. The minimum absolute atomic E-state index is 0.0419. The van der Waals surface area contributed by atoms with E-state index in [0.29, 0.717) is 10.0 Å². The number of rotatable bonds is 2. The highest BCUT2D eigenvalue weighted by Gasteiger charge is 2.23. The Morgan fingerprint density at radius 2 is 2.04 bits per heavy atom. The van der Waals surface area contributed by atoms with Crippen molar-refractivity contribution in [3.8, 4) is 0 Å². The van der Waals surface area contributed by atoms with Crippen LogP contribution in [0.2, 0.25) is 5.15 Å². The van der Waals surface area contributed by atoms with E-state index in [-0.39, 0.29) is 11.9 Å². The van der Waals surface area contributed by atoms with Crippen LogP contribution in [0.1, 0.15) is 45.2 Å². The minimum atomic E-state index is -0.0419. The van der Waals surface area contributed by atoms with E-state index in [0.717, 1.165) is 45.8 Å². The summed E-state index contributed by atoms with van der Waals surface area (Å²) < 4.78 is 1.02. The lowest BCUT2D eigenvalue weighted by Gasteiger charge is -2.26. The second-order valence-corrected chi connectivity index (χ2v) is 8.80. The summed E-state index contributed by atoms with van der Waals surface area (Å²) in [4.78, 5) is 18.2. The van der Waals surface area contributed by atoms with Crippen LogP contribution in [0.15, 0.2) is 48.5 Å². The normalized spacial score (nSPS) is 16.3. The van der Waals surface area contributed by atoms with Gasteiger partial charge in [0, 0.05) is 15.5 Å². The fourth-order valence-electron chi connectivity index (χ4n) is 4.08. The maximum Gasteiger partial charge on any atom is 0.261 e. The van der Waals surface area contributed by atoms with Gasteiger partial charge in [0.2, 0.25) is 0 Å². The fourth-order valence-corrected chi connectivity index (χ4v) is 5.47. The number of nitrogens with one attached hydrogen (secondary N) is 1. The third-order valence-corrected chi connectivity index (χ3v) is 6.92. The number of aromatic nitrogens is 1. The molecular weight excluding hydrogens is 388 g/mol. The molecule has 1 aliphatic carbocycles. The van der Waals surface area contributed by atoms with Crippen molar-refractivity contribution in [1.29, 1.82) is 0 Å². The zero-order valence-electron chi connectivity index (χ0n) is 15.5. The summed E-state index contributed by atoms with van der Waals surface area (Å²) in [6.07, 6.45) is 3.14. The first kappa shape index (κ1) is 17.7. The largest absolute Gasteiger partial charge is 0.345 e. The highest BCUT2D eigenvalue weighted by molar-refractivity contribution is 7.21. The number of fused-ring (bicyclic) bond motifs is 4. The Kier molecular flexibility index (Phi) is 4.33. The molecule has 2 aromatic carbocycles. The minimum Gasteiger partial charge on any atom is -0.345 e. The van der Waals surface area contributed by atoms with Crippen LogP contribution >= 0.6 is 22.9 Å². The first-order valence-corrected chi connectivity index (χ1v) is 10.7. The second kappa shape index (κ2) is 6.87. The third-order valence-electron chi connectivity index (χ3n) is 5.47. The number of pyridine rings is 1. The zero-order valence-corrected chi connectivity index (χ0v) is 17.0. The van der Waals surface area contributed by atoms with Gasteiger partial charge in [0.1, 0.15) is 5.15 Å². The molecule has 3 nitrogen and oxygen atoms in total. The monoisotopic (exact) mass is 406 g/mol. The highest BCUT2D eigenvalue weighted by atomic mass is 35.5. The molecule has 28 heavy (non-hydrogen) atoms. The maximum atomic E-state index is 13.0. The van der Waals surface area contributed by atoms with Crippen molar-refractivity contribution in [2.45, 2.75) is 32.2 Å². The molecule has 0 saturated heterocycles. The van der Waals surface area contributed by atoms with Gasteiger partial charge >= 0.3 is 0 Å². The van der Waals surface area contributed by atoms with E-state index in [2.05, 4.69) is 41.5 Å². The van der Waals surface area contributed by atoms with Crippen LogP contribution in [0, 0.1) is 6.92 Å². The summed E-state index contributed by atoms with van der Waals surface area (Å²) in [6.45, 7) is 2.06. The first-order chi connectivity index (χ1) is 13.6. The lowest BCUT2D eigenvalue weighted by Crippen LogP contribution is -2.30. The Hall–Kier alpha value is -2.43. The van der Waals surface area contributed by atoms with Crippen molar-refractivity contribution in [3.05, 3.63) is 75.3 Å². The Bertz CT molecular complexity index is 1230. The molecule has 0 bridgehead atoms. The van der Waals surface area contributed by atoms with Gasteiger partial charge in [-0.2, -0.15) is 0 Å². The second-order valence-electron chi connectivity index (χ2n) is 7.39. The highest BCUT2D eigenvalue weighted by Crippen LogP contribution is 2.37. The third kappa shape index (κ3) is 2.97. The van der Waals surface area contributed by atoms with E-state index in [4.69, 9.17) is 11.6 Å². The Balaban J connectivity index is 1.53. The molecule has 0 aliphatic heterocycles. The molecule has 0 radical (unpaired) electrons.